The van der Waals surface area contributed by atoms with Crippen molar-refractivity contribution in [3.63, 3.8) is 0 Å². The maximum Gasteiger partial charge on any atom is 0.225 e. The Hall–Kier alpha value is -1.69. The molecule has 6 heteroatoms. The first-order valence-electron chi connectivity index (χ1n) is 7.62. The van der Waals surface area contributed by atoms with Crippen LogP contribution in [-0.2, 0) is 11.3 Å². The third kappa shape index (κ3) is 5.30. The summed E-state index contributed by atoms with van der Waals surface area (Å²) >= 11 is 0. The van der Waals surface area contributed by atoms with Crippen molar-refractivity contribution in [2.24, 2.45) is 5.92 Å². The van der Waals surface area contributed by atoms with E-state index in [0.29, 0.717) is 24.8 Å². The van der Waals surface area contributed by atoms with Crippen LogP contribution in [-0.4, -0.2) is 43.1 Å². The number of hydrogen-bond acceptors (Lipinski definition) is 5. The van der Waals surface area contributed by atoms with Crippen LogP contribution in [0.15, 0.2) is 12.3 Å². The Morgan fingerprint density at radius 2 is 2.38 bits per heavy atom. The van der Waals surface area contributed by atoms with E-state index < -0.39 is 0 Å². The van der Waals surface area contributed by atoms with Gasteiger partial charge in [-0.15, -0.1) is 0 Å². The Morgan fingerprint density at radius 1 is 1.52 bits per heavy atom. The molecule has 1 amide bonds. The van der Waals surface area contributed by atoms with Gasteiger partial charge in [0.25, 0.3) is 0 Å². The van der Waals surface area contributed by atoms with Gasteiger partial charge in [0.1, 0.15) is 0 Å². The van der Waals surface area contributed by atoms with E-state index in [1.165, 1.54) is 12.8 Å². The number of nitrogens with one attached hydrogen (secondary N) is 2. The van der Waals surface area contributed by atoms with E-state index >= 15 is 0 Å². The summed E-state index contributed by atoms with van der Waals surface area (Å²) in [5.74, 6) is 1.41. The van der Waals surface area contributed by atoms with Crippen molar-refractivity contribution >= 4 is 11.9 Å². The Bertz CT molecular complexity index is 457. The molecule has 0 bridgehead atoms. The van der Waals surface area contributed by atoms with Crippen LogP contribution in [0.2, 0.25) is 0 Å². The quantitative estimate of drug-likeness (QED) is 0.816. The van der Waals surface area contributed by atoms with Crippen LogP contribution in [0, 0.1) is 5.92 Å². The van der Waals surface area contributed by atoms with E-state index in [1.54, 1.807) is 6.20 Å². The lowest BCUT2D eigenvalue weighted by atomic mass is 9.94. The molecule has 2 rings (SSSR count). The highest BCUT2D eigenvalue weighted by Gasteiger charge is 2.14. The largest absolute Gasteiger partial charge is 0.350 e. The molecule has 2 heterocycles. The predicted molar refractivity (Wildman–Crippen MR) is 83.0 cm³/mol. The smallest absolute Gasteiger partial charge is 0.225 e. The number of carbonyl (C=O) groups excluding carboxylic acids is 1. The van der Waals surface area contributed by atoms with Gasteiger partial charge in [-0.2, -0.15) is 0 Å². The average Bonchev–Trinajstić information content (AvgIpc) is 2.52. The summed E-state index contributed by atoms with van der Waals surface area (Å²) < 4.78 is 0. The number of amides is 1. The van der Waals surface area contributed by atoms with Crippen molar-refractivity contribution in [3.05, 3.63) is 18.0 Å². The fraction of sp³-hybridized carbons (Fsp3) is 0.667. The van der Waals surface area contributed by atoms with Crippen molar-refractivity contribution in [2.75, 3.05) is 32.1 Å². The summed E-state index contributed by atoms with van der Waals surface area (Å²) in [6.07, 6.45) is 5.74. The number of carbonyl (C=O) groups is 1. The first-order chi connectivity index (χ1) is 10.1. The van der Waals surface area contributed by atoms with E-state index in [-0.39, 0.29) is 5.91 Å². The highest BCUT2D eigenvalue weighted by molar-refractivity contribution is 5.75. The molecule has 1 fully saturated rings. The summed E-state index contributed by atoms with van der Waals surface area (Å²) in [4.78, 5) is 22.3. The first kappa shape index (κ1) is 15.7. The van der Waals surface area contributed by atoms with Crippen molar-refractivity contribution in [1.29, 1.82) is 0 Å². The molecule has 1 atom stereocenters. The van der Waals surface area contributed by atoms with Crippen LogP contribution in [0.1, 0.15) is 31.4 Å². The summed E-state index contributed by atoms with van der Waals surface area (Å²) in [6, 6.07) is 1.83. The Balaban J connectivity index is 1.72. The zero-order chi connectivity index (χ0) is 15.1. The Labute approximate surface area is 126 Å². The van der Waals surface area contributed by atoms with E-state index in [0.717, 1.165) is 25.2 Å². The second-order valence-corrected chi connectivity index (χ2v) is 5.77. The average molecular weight is 291 g/mol. The van der Waals surface area contributed by atoms with Crippen molar-refractivity contribution in [3.8, 4) is 0 Å². The van der Waals surface area contributed by atoms with Gasteiger partial charge in [-0.25, -0.2) is 9.97 Å². The van der Waals surface area contributed by atoms with E-state index in [9.17, 15) is 4.79 Å². The van der Waals surface area contributed by atoms with E-state index in [2.05, 4.69) is 20.6 Å². The Morgan fingerprint density at radius 3 is 3.10 bits per heavy atom. The molecule has 1 aromatic rings. The second kappa shape index (κ2) is 7.93. The zero-order valence-electron chi connectivity index (χ0n) is 12.9. The molecule has 0 spiro atoms. The minimum Gasteiger partial charge on any atom is -0.350 e. The lowest BCUT2D eigenvalue weighted by Crippen LogP contribution is -2.31. The molecule has 1 aliphatic heterocycles. The predicted octanol–water partition coefficient (Wildman–Crippen LogP) is 0.939. The molecule has 116 valence electrons. The highest BCUT2D eigenvalue weighted by Crippen LogP contribution is 2.15. The van der Waals surface area contributed by atoms with Crippen LogP contribution >= 0.6 is 0 Å². The number of anilines is 1. The summed E-state index contributed by atoms with van der Waals surface area (Å²) in [6.45, 7) is 2.63. The highest BCUT2D eigenvalue weighted by atomic mass is 16.1. The van der Waals surface area contributed by atoms with Gasteiger partial charge in [0.2, 0.25) is 11.9 Å². The van der Waals surface area contributed by atoms with Gasteiger partial charge >= 0.3 is 0 Å². The van der Waals surface area contributed by atoms with Crippen molar-refractivity contribution in [1.82, 2.24) is 20.6 Å². The second-order valence-electron chi connectivity index (χ2n) is 5.77. The molecular weight excluding hydrogens is 266 g/mol. The standard InChI is InChI=1S/C15H25N5O/c1-20(2)15-17-9-7-13(19-15)11-18-14(21)6-5-12-4-3-8-16-10-12/h7,9,12,16H,3-6,8,10-11H2,1-2H3,(H,18,21). The van der Waals surface area contributed by atoms with Crippen LogP contribution < -0.4 is 15.5 Å². The van der Waals surface area contributed by atoms with Gasteiger partial charge in [-0.3, -0.25) is 4.79 Å². The minimum absolute atomic E-state index is 0.102. The molecule has 21 heavy (non-hydrogen) atoms. The molecular formula is C15H25N5O. The monoisotopic (exact) mass is 291 g/mol. The summed E-state index contributed by atoms with van der Waals surface area (Å²) in [5.41, 5.74) is 0.835. The van der Waals surface area contributed by atoms with Gasteiger partial charge in [-0.05, 0) is 44.3 Å². The number of hydrogen-bond donors (Lipinski definition) is 2. The van der Waals surface area contributed by atoms with Gasteiger partial charge in [0, 0.05) is 26.7 Å². The third-order valence-electron chi connectivity index (χ3n) is 3.75. The molecule has 2 N–H and O–H groups in total. The van der Waals surface area contributed by atoms with Crippen molar-refractivity contribution in [2.45, 2.75) is 32.2 Å². The molecule has 1 saturated heterocycles. The summed E-state index contributed by atoms with van der Waals surface area (Å²) in [5, 5.41) is 6.32. The number of aromatic nitrogens is 2. The van der Waals surface area contributed by atoms with Crippen LogP contribution in [0.3, 0.4) is 0 Å². The van der Waals surface area contributed by atoms with E-state index in [4.69, 9.17) is 0 Å². The lowest BCUT2D eigenvalue weighted by molar-refractivity contribution is -0.121. The lowest BCUT2D eigenvalue weighted by Gasteiger charge is -2.22. The molecule has 1 aliphatic rings. The topological polar surface area (TPSA) is 70.2 Å². The van der Waals surface area contributed by atoms with Gasteiger partial charge in [0.05, 0.1) is 12.2 Å². The molecule has 1 unspecified atom stereocenters. The molecule has 1 aromatic heterocycles. The molecule has 0 aliphatic carbocycles. The zero-order valence-corrected chi connectivity index (χ0v) is 12.9. The van der Waals surface area contributed by atoms with Crippen LogP contribution in [0.4, 0.5) is 5.95 Å². The maximum atomic E-state index is 11.9. The molecule has 0 aromatic carbocycles. The molecule has 6 nitrogen and oxygen atoms in total. The SMILES string of the molecule is CN(C)c1nccc(CNC(=O)CCC2CCCNC2)n1. The van der Waals surface area contributed by atoms with E-state index in [1.807, 2.05) is 25.1 Å². The number of piperidine rings is 1. The van der Waals surface area contributed by atoms with Crippen LogP contribution in [0.5, 0.6) is 0 Å². The number of nitrogens with zero attached hydrogens (tertiary/aromatic N) is 3. The van der Waals surface area contributed by atoms with Crippen molar-refractivity contribution < 1.29 is 4.79 Å². The Kier molecular flexibility index (Phi) is 5.92. The molecule has 0 saturated carbocycles. The van der Waals surface area contributed by atoms with Crippen LogP contribution in [0.25, 0.3) is 0 Å². The normalized spacial score (nSPS) is 18.3. The third-order valence-corrected chi connectivity index (χ3v) is 3.75. The fourth-order valence-electron chi connectivity index (χ4n) is 2.48. The van der Waals surface area contributed by atoms with Gasteiger partial charge in [0.15, 0.2) is 0 Å². The fourth-order valence-corrected chi connectivity index (χ4v) is 2.48. The summed E-state index contributed by atoms with van der Waals surface area (Å²) in [7, 11) is 3.80. The van der Waals surface area contributed by atoms with Gasteiger partial charge < -0.3 is 15.5 Å². The van der Waals surface area contributed by atoms with Gasteiger partial charge in [-0.1, -0.05) is 0 Å². The number of rotatable bonds is 6. The first-order valence-corrected chi connectivity index (χ1v) is 7.62. The molecule has 0 radical (unpaired) electrons. The maximum absolute atomic E-state index is 11.9. The minimum atomic E-state index is 0.102.